The zero-order valence-corrected chi connectivity index (χ0v) is 24.0. The van der Waals surface area contributed by atoms with Gasteiger partial charge in [0.1, 0.15) is 11.1 Å². The molecule has 1 saturated carbocycles. The van der Waals surface area contributed by atoms with Gasteiger partial charge < -0.3 is 20.3 Å². The number of amides is 2. The number of hydrogen-bond donors (Lipinski definition) is 2. The lowest BCUT2D eigenvalue weighted by Crippen LogP contribution is -2.49. The molecule has 1 saturated heterocycles. The van der Waals surface area contributed by atoms with E-state index in [2.05, 4.69) is 45.8 Å². The first kappa shape index (κ1) is 27.1. The number of nitrogens with one attached hydrogen (secondary N) is 2. The second kappa shape index (κ2) is 11.8. The van der Waals surface area contributed by atoms with Crippen LogP contribution in [0.1, 0.15) is 56.0 Å². The van der Waals surface area contributed by atoms with Crippen molar-refractivity contribution >= 4 is 28.6 Å². The van der Waals surface area contributed by atoms with Crippen LogP contribution in [0.15, 0.2) is 36.7 Å². The maximum atomic E-state index is 12.6. The second-order valence-electron chi connectivity index (χ2n) is 10.9. The van der Waals surface area contributed by atoms with E-state index >= 15 is 0 Å². The Bertz CT molecular complexity index is 1580. The highest BCUT2D eigenvalue weighted by molar-refractivity contribution is 7.14. The average molecular weight is 572 g/mol. The van der Waals surface area contributed by atoms with Crippen LogP contribution in [-0.4, -0.2) is 74.1 Å². The molecule has 6 rings (SSSR count). The van der Waals surface area contributed by atoms with Gasteiger partial charge in [0.25, 0.3) is 0 Å². The standard InChI is InChI=1S/C29H33N9O2S/c1-18(2)33-24-14-25(26-8-7-22-13-19(15-30)16-32-38(22)26)31-17-23(24)28-36-35-27(41-28)20-3-5-21(6-4-20)34-29(39)37-9-11-40-12-10-37/h7-8,13-14,16-18,20-21H,3-6,9-12H2,1-2H3,(H,31,33)(H,34,39). The van der Waals surface area contributed by atoms with Crippen LogP contribution in [0, 0.1) is 11.3 Å². The Labute approximate surface area is 242 Å². The third-order valence-corrected chi connectivity index (χ3v) is 8.73. The fourth-order valence-corrected chi connectivity index (χ4v) is 6.51. The Kier molecular flexibility index (Phi) is 7.80. The molecule has 2 fully saturated rings. The maximum Gasteiger partial charge on any atom is 0.317 e. The molecule has 2 N–H and O–H groups in total. The molecule has 1 aliphatic heterocycles. The molecule has 0 radical (unpaired) electrons. The number of carbonyl (C=O) groups is 1. The van der Waals surface area contributed by atoms with Crippen LogP contribution < -0.4 is 10.6 Å². The first-order valence-corrected chi connectivity index (χ1v) is 14.9. The minimum atomic E-state index is 0.0203. The van der Waals surface area contributed by atoms with Crippen LogP contribution in [0.5, 0.6) is 0 Å². The van der Waals surface area contributed by atoms with Crippen molar-refractivity contribution in [2.24, 2.45) is 0 Å². The summed E-state index contributed by atoms with van der Waals surface area (Å²) in [5.41, 5.74) is 4.83. The average Bonchev–Trinajstić information content (AvgIpc) is 3.65. The highest BCUT2D eigenvalue weighted by atomic mass is 32.1. The molecule has 4 aromatic rings. The first-order valence-electron chi connectivity index (χ1n) is 14.1. The van der Waals surface area contributed by atoms with Crippen molar-refractivity contribution in [1.82, 2.24) is 35.0 Å². The van der Waals surface area contributed by atoms with Gasteiger partial charge in [-0.3, -0.25) is 4.98 Å². The van der Waals surface area contributed by atoms with Gasteiger partial charge in [-0.1, -0.05) is 11.3 Å². The lowest BCUT2D eigenvalue weighted by molar-refractivity contribution is 0.0521. The van der Waals surface area contributed by atoms with Crippen molar-refractivity contribution in [2.75, 3.05) is 31.6 Å². The Balaban J connectivity index is 1.17. The molecule has 4 aromatic heterocycles. The quantitative estimate of drug-likeness (QED) is 0.341. The summed E-state index contributed by atoms with van der Waals surface area (Å²) in [4.78, 5) is 19.2. The molecule has 0 bridgehead atoms. The summed E-state index contributed by atoms with van der Waals surface area (Å²) in [7, 11) is 0. The molecule has 12 heteroatoms. The zero-order valence-electron chi connectivity index (χ0n) is 23.2. The molecule has 1 aliphatic carbocycles. The van der Waals surface area contributed by atoms with E-state index < -0.39 is 0 Å². The van der Waals surface area contributed by atoms with Gasteiger partial charge in [-0.05, 0) is 63.8 Å². The Morgan fingerprint density at radius 1 is 1.12 bits per heavy atom. The van der Waals surface area contributed by atoms with Crippen LogP contribution in [0.2, 0.25) is 0 Å². The summed E-state index contributed by atoms with van der Waals surface area (Å²) < 4.78 is 7.15. The molecule has 5 heterocycles. The largest absolute Gasteiger partial charge is 0.382 e. The number of hydrogen-bond acceptors (Lipinski definition) is 9. The molecule has 0 atom stereocenters. The van der Waals surface area contributed by atoms with Crippen LogP contribution in [0.3, 0.4) is 0 Å². The minimum absolute atomic E-state index is 0.0203. The number of aromatic nitrogens is 5. The molecular weight excluding hydrogens is 538 g/mol. The number of carbonyl (C=O) groups excluding carboxylic acids is 1. The Morgan fingerprint density at radius 3 is 2.68 bits per heavy atom. The number of urea groups is 1. The number of anilines is 1. The summed E-state index contributed by atoms with van der Waals surface area (Å²) in [6.07, 6.45) is 7.22. The van der Waals surface area contributed by atoms with Gasteiger partial charge in [0.15, 0.2) is 5.01 Å². The lowest BCUT2D eigenvalue weighted by Gasteiger charge is -2.32. The number of rotatable bonds is 6. The van der Waals surface area contributed by atoms with Gasteiger partial charge in [-0.2, -0.15) is 10.4 Å². The van der Waals surface area contributed by atoms with Crippen molar-refractivity contribution in [3.05, 3.63) is 47.2 Å². The van der Waals surface area contributed by atoms with E-state index in [0.29, 0.717) is 37.8 Å². The Morgan fingerprint density at radius 2 is 1.93 bits per heavy atom. The predicted molar refractivity (Wildman–Crippen MR) is 157 cm³/mol. The number of fused-ring (bicyclic) bond motifs is 1. The third kappa shape index (κ3) is 5.87. The van der Waals surface area contributed by atoms with Crippen molar-refractivity contribution in [1.29, 1.82) is 5.26 Å². The molecule has 212 valence electrons. The molecule has 11 nitrogen and oxygen atoms in total. The minimum Gasteiger partial charge on any atom is -0.382 e. The van der Waals surface area contributed by atoms with Gasteiger partial charge in [0, 0.05) is 43.0 Å². The number of ether oxygens (including phenoxy) is 1. The van der Waals surface area contributed by atoms with E-state index in [1.807, 2.05) is 35.4 Å². The van der Waals surface area contributed by atoms with E-state index in [-0.39, 0.29) is 18.1 Å². The van der Waals surface area contributed by atoms with E-state index in [1.54, 1.807) is 22.0 Å². The van der Waals surface area contributed by atoms with Crippen LogP contribution in [0.4, 0.5) is 10.5 Å². The fraction of sp³-hybridized carbons (Fsp3) is 0.448. The predicted octanol–water partition coefficient (Wildman–Crippen LogP) is 4.67. The maximum absolute atomic E-state index is 12.6. The second-order valence-corrected chi connectivity index (χ2v) is 11.9. The van der Waals surface area contributed by atoms with Gasteiger partial charge in [-0.15, -0.1) is 10.2 Å². The number of nitriles is 1. The smallest absolute Gasteiger partial charge is 0.317 e. The fourth-order valence-electron chi connectivity index (χ4n) is 5.48. The topological polar surface area (TPSA) is 133 Å². The van der Waals surface area contributed by atoms with Gasteiger partial charge in [-0.25, -0.2) is 9.31 Å². The van der Waals surface area contributed by atoms with Crippen LogP contribution in [0.25, 0.3) is 27.5 Å². The summed E-state index contributed by atoms with van der Waals surface area (Å²) >= 11 is 1.62. The molecular formula is C29H33N9O2S. The van der Waals surface area contributed by atoms with E-state index in [1.165, 1.54) is 0 Å². The monoisotopic (exact) mass is 571 g/mol. The SMILES string of the molecule is CC(C)Nc1cc(-c2ccc3cc(C#N)cnn23)ncc1-c1nnc(C2CCC(NC(=O)N3CCOCC3)CC2)s1. The number of nitrogens with zero attached hydrogens (tertiary/aromatic N) is 7. The molecule has 2 aliphatic rings. The van der Waals surface area contributed by atoms with E-state index in [0.717, 1.165) is 63.9 Å². The summed E-state index contributed by atoms with van der Waals surface area (Å²) in [6.45, 7) is 6.72. The van der Waals surface area contributed by atoms with E-state index in [9.17, 15) is 10.1 Å². The number of morpholine rings is 1. The van der Waals surface area contributed by atoms with Crippen molar-refractivity contribution < 1.29 is 9.53 Å². The molecule has 41 heavy (non-hydrogen) atoms. The summed E-state index contributed by atoms with van der Waals surface area (Å²) in [5.74, 6) is 0.336. The van der Waals surface area contributed by atoms with Crippen molar-refractivity contribution in [3.63, 3.8) is 0 Å². The van der Waals surface area contributed by atoms with Crippen LogP contribution >= 0.6 is 11.3 Å². The number of pyridine rings is 1. The van der Waals surface area contributed by atoms with Crippen LogP contribution in [-0.2, 0) is 4.74 Å². The van der Waals surface area contributed by atoms with E-state index in [4.69, 9.17) is 9.72 Å². The Hall–Kier alpha value is -4.08. The van der Waals surface area contributed by atoms with Gasteiger partial charge in [0.2, 0.25) is 0 Å². The van der Waals surface area contributed by atoms with Crippen molar-refractivity contribution in [2.45, 2.75) is 57.5 Å². The highest BCUT2D eigenvalue weighted by Crippen LogP contribution is 2.39. The third-order valence-electron chi connectivity index (χ3n) is 7.61. The molecule has 0 aromatic carbocycles. The van der Waals surface area contributed by atoms with Crippen molar-refractivity contribution in [3.8, 4) is 28.0 Å². The highest BCUT2D eigenvalue weighted by Gasteiger charge is 2.28. The summed E-state index contributed by atoms with van der Waals surface area (Å²) in [6, 6.07) is 10.3. The zero-order chi connectivity index (χ0) is 28.3. The van der Waals surface area contributed by atoms with Gasteiger partial charge >= 0.3 is 6.03 Å². The first-order chi connectivity index (χ1) is 20.0. The molecule has 2 amide bonds. The molecule has 0 unspecified atom stereocenters. The normalized spacial score (nSPS) is 19.3. The lowest BCUT2D eigenvalue weighted by atomic mass is 9.86. The summed E-state index contributed by atoms with van der Waals surface area (Å²) in [5, 5.41) is 31.4. The molecule has 0 spiro atoms. The van der Waals surface area contributed by atoms with Gasteiger partial charge in [0.05, 0.1) is 47.4 Å².